The molecular weight excluding hydrogens is 206 g/mol. The summed E-state index contributed by atoms with van der Waals surface area (Å²) in [5.41, 5.74) is 1.16. The molecule has 2 rings (SSSR count). The van der Waals surface area contributed by atoms with Crippen LogP contribution in [0.3, 0.4) is 0 Å². The first-order chi connectivity index (χ1) is 7.79. The van der Waals surface area contributed by atoms with Crippen LogP contribution >= 0.6 is 0 Å². The van der Waals surface area contributed by atoms with E-state index < -0.39 is 5.97 Å². The van der Waals surface area contributed by atoms with Gasteiger partial charge in [0.05, 0.1) is 17.9 Å². The predicted octanol–water partition coefficient (Wildman–Crippen LogP) is 1.61. The van der Waals surface area contributed by atoms with Gasteiger partial charge < -0.3 is 14.7 Å². The van der Waals surface area contributed by atoms with Gasteiger partial charge in [-0.25, -0.2) is 4.79 Å². The first-order valence-corrected chi connectivity index (χ1v) is 5.44. The molecule has 0 bridgehead atoms. The fourth-order valence-electron chi connectivity index (χ4n) is 1.92. The number of rotatable bonds is 2. The van der Waals surface area contributed by atoms with Gasteiger partial charge in [0.2, 0.25) is 0 Å². The summed E-state index contributed by atoms with van der Waals surface area (Å²) in [5.74, 6) is -0.874. The molecule has 1 aromatic carbocycles. The van der Waals surface area contributed by atoms with Gasteiger partial charge in [0.1, 0.15) is 0 Å². The molecule has 0 amide bonds. The van der Waals surface area contributed by atoms with Crippen LogP contribution in [0, 0.1) is 0 Å². The van der Waals surface area contributed by atoms with E-state index in [-0.39, 0.29) is 0 Å². The first-order valence-electron chi connectivity index (χ1n) is 5.44. The van der Waals surface area contributed by atoms with Gasteiger partial charge in [0.25, 0.3) is 0 Å². The average Bonchev–Trinajstić information content (AvgIpc) is 2.57. The number of carboxylic acid groups (broad SMARTS) is 1. The number of ether oxygens (including phenoxy) is 1. The van der Waals surface area contributed by atoms with Gasteiger partial charge in [0, 0.05) is 19.7 Å². The Kier molecular flexibility index (Phi) is 3.41. The van der Waals surface area contributed by atoms with Crippen LogP contribution in [0.1, 0.15) is 16.8 Å². The molecule has 1 fully saturated rings. The molecule has 1 aromatic rings. The van der Waals surface area contributed by atoms with Crippen molar-refractivity contribution in [3.05, 3.63) is 29.8 Å². The summed E-state index contributed by atoms with van der Waals surface area (Å²) >= 11 is 0. The van der Waals surface area contributed by atoms with Gasteiger partial charge in [-0.3, -0.25) is 0 Å². The Bertz CT molecular complexity index is 370. The second kappa shape index (κ2) is 4.99. The lowest BCUT2D eigenvalue weighted by molar-refractivity contribution is 0.0697. The number of aromatic carboxylic acids is 1. The molecule has 4 heteroatoms. The van der Waals surface area contributed by atoms with Crippen LogP contribution in [0.15, 0.2) is 24.3 Å². The number of hydrogen-bond donors (Lipinski definition) is 1. The SMILES string of the molecule is O=C(O)c1ccccc1N1CCCOCC1. The molecule has 0 atom stereocenters. The molecule has 1 saturated heterocycles. The van der Waals surface area contributed by atoms with Crippen LogP contribution < -0.4 is 4.90 Å². The zero-order valence-corrected chi connectivity index (χ0v) is 9.06. The van der Waals surface area contributed by atoms with E-state index in [2.05, 4.69) is 4.90 Å². The molecule has 1 aliphatic heterocycles. The smallest absolute Gasteiger partial charge is 0.337 e. The molecule has 0 aromatic heterocycles. The minimum absolute atomic E-state index is 0.365. The number of benzene rings is 1. The fraction of sp³-hybridized carbons (Fsp3) is 0.417. The van der Waals surface area contributed by atoms with Gasteiger partial charge in [-0.2, -0.15) is 0 Å². The second-order valence-electron chi connectivity index (χ2n) is 3.78. The van der Waals surface area contributed by atoms with Gasteiger partial charge in [-0.15, -0.1) is 0 Å². The third-order valence-corrected chi connectivity index (χ3v) is 2.70. The lowest BCUT2D eigenvalue weighted by atomic mass is 10.1. The minimum Gasteiger partial charge on any atom is -0.478 e. The zero-order chi connectivity index (χ0) is 11.4. The third kappa shape index (κ3) is 2.33. The molecule has 0 radical (unpaired) electrons. The molecule has 1 heterocycles. The van der Waals surface area contributed by atoms with E-state index in [1.165, 1.54) is 0 Å². The van der Waals surface area contributed by atoms with Crippen LogP contribution in [-0.4, -0.2) is 37.4 Å². The van der Waals surface area contributed by atoms with Crippen LogP contribution in [0.2, 0.25) is 0 Å². The van der Waals surface area contributed by atoms with E-state index in [4.69, 9.17) is 9.84 Å². The highest BCUT2D eigenvalue weighted by molar-refractivity contribution is 5.94. The monoisotopic (exact) mass is 221 g/mol. The van der Waals surface area contributed by atoms with Crippen molar-refractivity contribution in [2.24, 2.45) is 0 Å². The van der Waals surface area contributed by atoms with Crippen molar-refractivity contribution in [1.29, 1.82) is 0 Å². The van der Waals surface area contributed by atoms with Crippen molar-refractivity contribution in [2.75, 3.05) is 31.2 Å². The molecule has 4 nitrogen and oxygen atoms in total. The molecular formula is C12H15NO3. The van der Waals surface area contributed by atoms with Crippen molar-refractivity contribution in [2.45, 2.75) is 6.42 Å². The normalized spacial score (nSPS) is 16.9. The predicted molar refractivity (Wildman–Crippen MR) is 61.1 cm³/mol. The summed E-state index contributed by atoms with van der Waals surface area (Å²) in [6, 6.07) is 7.12. The van der Waals surface area contributed by atoms with E-state index >= 15 is 0 Å². The highest BCUT2D eigenvalue weighted by Crippen LogP contribution is 2.21. The Hall–Kier alpha value is -1.55. The second-order valence-corrected chi connectivity index (χ2v) is 3.78. The summed E-state index contributed by atoms with van der Waals surface area (Å²) in [6.07, 6.45) is 0.938. The minimum atomic E-state index is -0.874. The van der Waals surface area contributed by atoms with E-state index in [9.17, 15) is 4.79 Å². The topological polar surface area (TPSA) is 49.8 Å². The van der Waals surface area contributed by atoms with Crippen molar-refractivity contribution >= 4 is 11.7 Å². The lowest BCUT2D eigenvalue weighted by Gasteiger charge is -2.23. The van der Waals surface area contributed by atoms with Crippen LogP contribution in [-0.2, 0) is 4.74 Å². The van der Waals surface area contributed by atoms with Crippen LogP contribution in [0.25, 0.3) is 0 Å². The standard InChI is InChI=1S/C12H15NO3/c14-12(15)10-4-1-2-5-11(10)13-6-3-8-16-9-7-13/h1-2,4-5H,3,6-9H2,(H,14,15). The number of nitrogens with zero attached hydrogens (tertiary/aromatic N) is 1. The largest absolute Gasteiger partial charge is 0.478 e. The number of carboxylic acids is 1. The van der Waals surface area contributed by atoms with E-state index in [1.54, 1.807) is 12.1 Å². The van der Waals surface area contributed by atoms with Crippen molar-refractivity contribution < 1.29 is 14.6 Å². The Morgan fingerprint density at radius 1 is 1.25 bits per heavy atom. The number of hydrogen-bond acceptors (Lipinski definition) is 3. The Balaban J connectivity index is 2.27. The Morgan fingerprint density at radius 3 is 2.88 bits per heavy atom. The van der Waals surface area contributed by atoms with Crippen molar-refractivity contribution in [1.82, 2.24) is 0 Å². The molecule has 1 N–H and O–H groups in total. The Labute approximate surface area is 94.4 Å². The molecule has 0 saturated carbocycles. The zero-order valence-electron chi connectivity index (χ0n) is 9.06. The molecule has 0 unspecified atom stereocenters. The molecule has 0 aliphatic carbocycles. The quantitative estimate of drug-likeness (QED) is 0.824. The summed E-state index contributed by atoms with van der Waals surface area (Å²) in [4.78, 5) is 13.2. The van der Waals surface area contributed by atoms with E-state index in [1.807, 2.05) is 12.1 Å². The molecule has 1 aliphatic rings. The average molecular weight is 221 g/mol. The molecule has 16 heavy (non-hydrogen) atoms. The third-order valence-electron chi connectivity index (χ3n) is 2.70. The maximum Gasteiger partial charge on any atom is 0.337 e. The number of carbonyl (C=O) groups is 1. The van der Waals surface area contributed by atoms with Crippen molar-refractivity contribution in [3.8, 4) is 0 Å². The van der Waals surface area contributed by atoms with E-state index in [0.717, 1.165) is 31.8 Å². The number of anilines is 1. The van der Waals surface area contributed by atoms with Gasteiger partial charge in [0.15, 0.2) is 0 Å². The first kappa shape index (κ1) is 11.0. The van der Waals surface area contributed by atoms with Gasteiger partial charge in [-0.1, -0.05) is 12.1 Å². The summed E-state index contributed by atoms with van der Waals surface area (Å²) in [6.45, 7) is 3.02. The fourth-order valence-corrected chi connectivity index (χ4v) is 1.92. The van der Waals surface area contributed by atoms with Crippen molar-refractivity contribution in [3.63, 3.8) is 0 Å². The summed E-state index contributed by atoms with van der Waals surface area (Å²) in [7, 11) is 0. The number of para-hydroxylation sites is 1. The van der Waals surface area contributed by atoms with E-state index in [0.29, 0.717) is 12.2 Å². The van der Waals surface area contributed by atoms with Gasteiger partial charge >= 0.3 is 5.97 Å². The molecule has 0 spiro atoms. The van der Waals surface area contributed by atoms with Crippen LogP contribution in [0.5, 0.6) is 0 Å². The highest BCUT2D eigenvalue weighted by Gasteiger charge is 2.16. The summed E-state index contributed by atoms with van der Waals surface area (Å²) < 4.78 is 5.36. The summed E-state index contributed by atoms with van der Waals surface area (Å²) in [5, 5.41) is 9.11. The molecule has 86 valence electrons. The van der Waals surface area contributed by atoms with Crippen LogP contribution in [0.4, 0.5) is 5.69 Å². The lowest BCUT2D eigenvalue weighted by Crippen LogP contribution is -2.27. The highest BCUT2D eigenvalue weighted by atomic mass is 16.5. The van der Waals surface area contributed by atoms with Gasteiger partial charge in [-0.05, 0) is 18.6 Å². The Morgan fingerprint density at radius 2 is 2.06 bits per heavy atom. The maximum atomic E-state index is 11.1. The maximum absolute atomic E-state index is 11.1.